The number of nitrogens with zero attached hydrogens (tertiary/aromatic N) is 2. The molecular formula is C14H23N5. The van der Waals surface area contributed by atoms with Crippen molar-refractivity contribution < 1.29 is 0 Å². The molecule has 0 atom stereocenters. The summed E-state index contributed by atoms with van der Waals surface area (Å²) in [7, 11) is 0. The summed E-state index contributed by atoms with van der Waals surface area (Å²) in [6.07, 6.45) is 5.49. The molecule has 5 heteroatoms. The average Bonchev–Trinajstić information content (AvgIpc) is 2.84. The summed E-state index contributed by atoms with van der Waals surface area (Å²) < 4.78 is 0. The van der Waals surface area contributed by atoms with Crippen LogP contribution >= 0.6 is 0 Å². The minimum Gasteiger partial charge on any atom is -0.370 e. The maximum Gasteiger partial charge on any atom is 0.132 e. The second-order valence-electron chi connectivity index (χ2n) is 5.72. The smallest absolute Gasteiger partial charge is 0.132 e. The second-order valence-corrected chi connectivity index (χ2v) is 5.72. The van der Waals surface area contributed by atoms with Crippen LogP contribution in [0.4, 0.5) is 11.6 Å². The molecule has 3 rings (SSSR count). The number of hydrogen-bond acceptors (Lipinski definition) is 5. The largest absolute Gasteiger partial charge is 0.370 e. The van der Waals surface area contributed by atoms with Gasteiger partial charge in [0, 0.05) is 25.7 Å². The van der Waals surface area contributed by atoms with Crippen molar-refractivity contribution >= 4 is 11.6 Å². The van der Waals surface area contributed by atoms with Gasteiger partial charge in [0.2, 0.25) is 0 Å². The highest BCUT2D eigenvalue weighted by atomic mass is 15.1. The van der Waals surface area contributed by atoms with E-state index in [0.717, 1.165) is 43.0 Å². The fraction of sp³-hybridized carbons (Fsp3) is 0.714. The van der Waals surface area contributed by atoms with Crippen LogP contribution in [0.5, 0.6) is 0 Å². The van der Waals surface area contributed by atoms with Gasteiger partial charge in [-0.3, -0.25) is 0 Å². The molecule has 0 spiro atoms. The maximum absolute atomic E-state index is 4.47. The summed E-state index contributed by atoms with van der Waals surface area (Å²) >= 11 is 0. The van der Waals surface area contributed by atoms with Gasteiger partial charge in [0.05, 0.1) is 6.04 Å². The van der Waals surface area contributed by atoms with Crippen LogP contribution in [-0.4, -0.2) is 35.6 Å². The van der Waals surface area contributed by atoms with E-state index >= 15 is 0 Å². The van der Waals surface area contributed by atoms with Crippen molar-refractivity contribution in [2.45, 2.75) is 38.6 Å². The van der Waals surface area contributed by atoms with Crippen molar-refractivity contribution in [3.8, 4) is 0 Å². The van der Waals surface area contributed by atoms with Gasteiger partial charge in [0.15, 0.2) is 0 Å². The van der Waals surface area contributed by atoms with Crippen molar-refractivity contribution in [2.75, 3.05) is 30.3 Å². The van der Waals surface area contributed by atoms with Crippen LogP contribution in [-0.2, 0) is 0 Å². The van der Waals surface area contributed by atoms with Gasteiger partial charge >= 0.3 is 0 Å². The summed E-state index contributed by atoms with van der Waals surface area (Å²) in [5, 5.41) is 10.2. The van der Waals surface area contributed by atoms with Crippen molar-refractivity contribution in [1.29, 1.82) is 0 Å². The molecule has 2 heterocycles. The standard InChI is InChI=1S/C14H23N5/c1-10-17-13(16-7-11-4-2-3-5-11)6-14(18-10)19-12-8-15-9-12/h6,11-12,15H,2-5,7-9H2,1H3,(H2,16,17,18,19). The number of aryl methyl sites for hydroxylation is 1. The highest BCUT2D eigenvalue weighted by Crippen LogP contribution is 2.25. The monoisotopic (exact) mass is 261 g/mol. The lowest BCUT2D eigenvalue weighted by Gasteiger charge is -2.28. The molecule has 5 nitrogen and oxygen atoms in total. The average molecular weight is 261 g/mol. The molecule has 19 heavy (non-hydrogen) atoms. The van der Waals surface area contributed by atoms with E-state index in [4.69, 9.17) is 0 Å². The third-order valence-corrected chi connectivity index (χ3v) is 4.02. The number of rotatable bonds is 5. The Morgan fingerprint density at radius 2 is 1.95 bits per heavy atom. The van der Waals surface area contributed by atoms with Crippen molar-refractivity contribution in [3.05, 3.63) is 11.9 Å². The van der Waals surface area contributed by atoms with Crippen LogP contribution < -0.4 is 16.0 Å². The third kappa shape index (κ3) is 3.35. The van der Waals surface area contributed by atoms with Gasteiger partial charge in [-0.15, -0.1) is 0 Å². The van der Waals surface area contributed by atoms with E-state index in [1.165, 1.54) is 25.7 Å². The van der Waals surface area contributed by atoms with Crippen LogP contribution in [0.25, 0.3) is 0 Å². The Morgan fingerprint density at radius 1 is 1.21 bits per heavy atom. The quantitative estimate of drug-likeness (QED) is 0.754. The number of aromatic nitrogens is 2. The van der Waals surface area contributed by atoms with Crippen molar-refractivity contribution in [3.63, 3.8) is 0 Å². The molecule has 1 saturated carbocycles. The molecule has 3 N–H and O–H groups in total. The normalized spacial score (nSPS) is 20.3. The Morgan fingerprint density at radius 3 is 2.63 bits per heavy atom. The van der Waals surface area contributed by atoms with Crippen LogP contribution in [0.2, 0.25) is 0 Å². The van der Waals surface area contributed by atoms with E-state index < -0.39 is 0 Å². The number of hydrogen-bond donors (Lipinski definition) is 3. The van der Waals surface area contributed by atoms with E-state index in [2.05, 4.69) is 25.9 Å². The third-order valence-electron chi connectivity index (χ3n) is 4.02. The molecule has 0 radical (unpaired) electrons. The fourth-order valence-electron chi connectivity index (χ4n) is 2.80. The lowest BCUT2D eigenvalue weighted by Crippen LogP contribution is -2.51. The van der Waals surface area contributed by atoms with Gasteiger partial charge in [0.1, 0.15) is 17.5 Å². The van der Waals surface area contributed by atoms with Crippen molar-refractivity contribution in [2.24, 2.45) is 5.92 Å². The van der Waals surface area contributed by atoms with Gasteiger partial charge in [-0.2, -0.15) is 0 Å². The fourth-order valence-corrected chi connectivity index (χ4v) is 2.80. The van der Waals surface area contributed by atoms with Gasteiger partial charge in [0.25, 0.3) is 0 Å². The first kappa shape index (κ1) is 12.7. The highest BCUT2D eigenvalue weighted by Gasteiger charge is 2.18. The first-order valence-electron chi connectivity index (χ1n) is 7.36. The van der Waals surface area contributed by atoms with Gasteiger partial charge in [-0.05, 0) is 25.7 Å². The first-order chi connectivity index (χ1) is 9.29. The molecule has 0 aromatic carbocycles. The van der Waals surface area contributed by atoms with Crippen LogP contribution in [0.3, 0.4) is 0 Å². The van der Waals surface area contributed by atoms with E-state index in [-0.39, 0.29) is 0 Å². The summed E-state index contributed by atoms with van der Waals surface area (Å²) in [6, 6.07) is 2.54. The number of anilines is 2. The van der Waals surface area contributed by atoms with E-state index in [9.17, 15) is 0 Å². The molecular weight excluding hydrogens is 238 g/mol. The zero-order valence-corrected chi connectivity index (χ0v) is 11.6. The highest BCUT2D eigenvalue weighted by molar-refractivity contribution is 5.48. The summed E-state index contributed by atoms with van der Waals surface area (Å²) in [4.78, 5) is 8.91. The molecule has 1 saturated heterocycles. The number of nitrogens with one attached hydrogen (secondary N) is 3. The zero-order chi connectivity index (χ0) is 13.1. The van der Waals surface area contributed by atoms with Crippen LogP contribution in [0, 0.1) is 12.8 Å². The van der Waals surface area contributed by atoms with Crippen LogP contribution in [0.1, 0.15) is 31.5 Å². The van der Waals surface area contributed by atoms with Crippen molar-refractivity contribution in [1.82, 2.24) is 15.3 Å². The van der Waals surface area contributed by atoms with Crippen LogP contribution in [0.15, 0.2) is 6.07 Å². The molecule has 1 aliphatic heterocycles. The SMILES string of the molecule is Cc1nc(NCC2CCCC2)cc(NC2CNC2)n1. The Balaban J connectivity index is 1.59. The molecule has 1 aromatic heterocycles. The molecule has 2 fully saturated rings. The Hall–Kier alpha value is -1.36. The molecule has 2 aliphatic rings. The molecule has 0 amide bonds. The minimum atomic E-state index is 0.511. The predicted molar refractivity (Wildman–Crippen MR) is 77.5 cm³/mol. The summed E-state index contributed by atoms with van der Waals surface area (Å²) in [5.74, 6) is 3.54. The molecule has 1 aliphatic carbocycles. The minimum absolute atomic E-state index is 0.511. The molecule has 0 bridgehead atoms. The Bertz CT molecular complexity index is 424. The van der Waals surface area contributed by atoms with E-state index in [1.54, 1.807) is 0 Å². The maximum atomic E-state index is 4.47. The first-order valence-corrected chi connectivity index (χ1v) is 7.36. The van der Waals surface area contributed by atoms with E-state index in [1.807, 2.05) is 13.0 Å². The zero-order valence-electron chi connectivity index (χ0n) is 11.6. The topological polar surface area (TPSA) is 61.9 Å². The molecule has 0 unspecified atom stereocenters. The second kappa shape index (κ2) is 5.74. The predicted octanol–water partition coefficient (Wildman–Crippen LogP) is 1.77. The summed E-state index contributed by atoms with van der Waals surface area (Å²) in [5.41, 5.74) is 0. The summed E-state index contributed by atoms with van der Waals surface area (Å²) in [6.45, 7) is 5.04. The Labute approximate surface area is 114 Å². The lowest BCUT2D eigenvalue weighted by atomic mass is 10.1. The van der Waals surface area contributed by atoms with Gasteiger partial charge in [-0.25, -0.2) is 9.97 Å². The Kier molecular flexibility index (Phi) is 3.82. The molecule has 1 aromatic rings. The van der Waals surface area contributed by atoms with Gasteiger partial charge < -0.3 is 16.0 Å². The lowest BCUT2D eigenvalue weighted by molar-refractivity contribution is 0.471. The van der Waals surface area contributed by atoms with Gasteiger partial charge in [-0.1, -0.05) is 12.8 Å². The van der Waals surface area contributed by atoms with E-state index in [0.29, 0.717) is 6.04 Å². The molecule has 104 valence electrons.